The standard InChI is InChI=1S/C17H29NO2/c1-12(2)14-6-8-15(9-7-14)17(20)16(13(3)4)18-10-5-11-19/h6-9,12-13,16-20H,5,10-11H2,1-4H3. The predicted molar refractivity (Wildman–Crippen MR) is 83.8 cm³/mol. The summed E-state index contributed by atoms with van der Waals surface area (Å²) in [6.45, 7) is 9.43. The second kappa shape index (κ2) is 8.40. The van der Waals surface area contributed by atoms with Crippen molar-refractivity contribution in [3.8, 4) is 0 Å². The maximum atomic E-state index is 10.6. The molecule has 3 N–H and O–H groups in total. The van der Waals surface area contributed by atoms with Crippen molar-refractivity contribution in [3.63, 3.8) is 0 Å². The highest BCUT2D eigenvalue weighted by Crippen LogP contribution is 2.24. The van der Waals surface area contributed by atoms with Crippen molar-refractivity contribution < 1.29 is 10.2 Å². The van der Waals surface area contributed by atoms with Crippen LogP contribution >= 0.6 is 0 Å². The monoisotopic (exact) mass is 279 g/mol. The Balaban J connectivity index is 2.75. The number of benzene rings is 1. The third-order valence-electron chi connectivity index (χ3n) is 3.72. The summed E-state index contributed by atoms with van der Waals surface area (Å²) in [7, 11) is 0. The lowest BCUT2D eigenvalue weighted by Gasteiger charge is -2.28. The number of aliphatic hydroxyl groups is 2. The Kier molecular flexibility index (Phi) is 7.20. The van der Waals surface area contributed by atoms with E-state index in [1.807, 2.05) is 12.1 Å². The third kappa shape index (κ3) is 4.89. The van der Waals surface area contributed by atoms with Crippen molar-refractivity contribution in [1.82, 2.24) is 5.32 Å². The molecule has 0 aliphatic heterocycles. The Bertz CT molecular complexity index is 373. The van der Waals surface area contributed by atoms with E-state index < -0.39 is 6.10 Å². The molecular formula is C17H29NO2. The van der Waals surface area contributed by atoms with Crippen molar-refractivity contribution in [2.24, 2.45) is 5.92 Å². The fourth-order valence-electron chi connectivity index (χ4n) is 2.35. The van der Waals surface area contributed by atoms with Gasteiger partial charge in [-0.1, -0.05) is 52.0 Å². The van der Waals surface area contributed by atoms with Gasteiger partial charge in [0.25, 0.3) is 0 Å². The summed E-state index contributed by atoms with van der Waals surface area (Å²) in [4.78, 5) is 0. The SMILES string of the molecule is CC(C)c1ccc(C(O)C(NCCCO)C(C)C)cc1. The zero-order valence-corrected chi connectivity index (χ0v) is 13.1. The van der Waals surface area contributed by atoms with Gasteiger partial charge in [0, 0.05) is 12.6 Å². The van der Waals surface area contributed by atoms with Crippen LogP contribution in [0.5, 0.6) is 0 Å². The van der Waals surface area contributed by atoms with Gasteiger partial charge in [-0.2, -0.15) is 0 Å². The van der Waals surface area contributed by atoms with Crippen LogP contribution in [0.1, 0.15) is 57.3 Å². The largest absolute Gasteiger partial charge is 0.396 e. The normalized spacial score (nSPS) is 14.8. The molecule has 0 aliphatic carbocycles. The topological polar surface area (TPSA) is 52.5 Å². The quantitative estimate of drug-likeness (QED) is 0.641. The molecule has 2 unspecified atom stereocenters. The number of hydrogen-bond donors (Lipinski definition) is 3. The van der Waals surface area contributed by atoms with Crippen LogP contribution in [0.2, 0.25) is 0 Å². The smallest absolute Gasteiger partial charge is 0.0945 e. The average molecular weight is 279 g/mol. The van der Waals surface area contributed by atoms with E-state index in [2.05, 4.69) is 45.1 Å². The molecule has 20 heavy (non-hydrogen) atoms. The molecule has 0 heterocycles. The number of rotatable bonds is 8. The minimum absolute atomic E-state index is 0.00597. The third-order valence-corrected chi connectivity index (χ3v) is 3.72. The summed E-state index contributed by atoms with van der Waals surface area (Å²) in [6.07, 6.45) is 0.192. The lowest BCUT2D eigenvalue weighted by atomic mass is 9.92. The van der Waals surface area contributed by atoms with Gasteiger partial charge < -0.3 is 15.5 Å². The molecule has 0 aliphatic rings. The molecule has 0 aromatic heterocycles. The molecule has 0 radical (unpaired) electrons. The van der Waals surface area contributed by atoms with E-state index >= 15 is 0 Å². The van der Waals surface area contributed by atoms with Gasteiger partial charge in [0.15, 0.2) is 0 Å². The highest BCUT2D eigenvalue weighted by molar-refractivity contribution is 5.27. The van der Waals surface area contributed by atoms with Crippen LogP contribution in [-0.4, -0.2) is 29.4 Å². The highest BCUT2D eigenvalue weighted by Gasteiger charge is 2.23. The van der Waals surface area contributed by atoms with E-state index in [1.165, 1.54) is 5.56 Å². The molecule has 3 heteroatoms. The second-order valence-corrected chi connectivity index (χ2v) is 6.07. The lowest BCUT2D eigenvalue weighted by molar-refractivity contribution is 0.104. The molecule has 2 atom stereocenters. The molecule has 0 fully saturated rings. The van der Waals surface area contributed by atoms with E-state index in [9.17, 15) is 5.11 Å². The maximum absolute atomic E-state index is 10.6. The van der Waals surface area contributed by atoms with Gasteiger partial charge in [-0.05, 0) is 35.9 Å². The van der Waals surface area contributed by atoms with Gasteiger partial charge in [0.05, 0.1) is 6.10 Å². The number of nitrogens with one attached hydrogen (secondary N) is 1. The van der Waals surface area contributed by atoms with Crippen molar-refractivity contribution in [2.75, 3.05) is 13.2 Å². The summed E-state index contributed by atoms with van der Waals surface area (Å²) in [5, 5.41) is 22.8. The second-order valence-electron chi connectivity index (χ2n) is 6.07. The van der Waals surface area contributed by atoms with Crippen LogP contribution in [0.25, 0.3) is 0 Å². The Labute approximate surface area is 123 Å². The first-order valence-electron chi connectivity index (χ1n) is 7.59. The van der Waals surface area contributed by atoms with Crippen molar-refractivity contribution in [3.05, 3.63) is 35.4 Å². The summed E-state index contributed by atoms with van der Waals surface area (Å²) in [5.74, 6) is 0.832. The fourth-order valence-corrected chi connectivity index (χ4v) is 2.35. The summed E-state index contributed by atoms with van der Waals surface area (Å²) >= 11 is 0. The summed E-state index contributed by atoms with van der Waals surface area (Å²) < 4.78 is 0. The van der Waals surface area contributed by atoms with E-state index in [0.29, 0.717) is 18.3 Å². The van der Waals surface area contributed by atoms with E-state index in [1.54, 1.807) is 0 Å². The lowest BCUT2D eigenvalue weighted by Crippen LogP contribution is -2.40. The minimum atomic E-state index is -0.519. The average Bonchev–Trinajstić information content (AvgIpc) is 2.42. The summed E-state index contributed by atoms with van der Waals surface area (Å²) in [5.41, 5.74) is 2.24. The van der Waals surface area contributed by atoms with E-state index in [4.69, 9.17) is 5.11 Å². The van der Waals surface area contributed by atoms with Crippen LogP contribution < -0.4 is 5.32 Å². The van der Waals surface area contributed by atoms with Crippen LogP contribution in [0, 0.1) is 5.92 Å². The van der Waals surface area contributed by atoms with Gasteiger partial charge in [-0.25, -0.2) is 0 Å². The Morgan fingerprint density at radius 3 is 2.00 bits per heavy atom. The first-order chi connectivity index (χ1) is 9.47. The first kappa shape index (κ1) is 17.2. The molecule has 0 saturated heterocycles. The van der Waals surface area contributed by atoms with Crippen LogP contribution in [0.4, 0.5) is 0 Å². The molecule has 1 rings (SSSR count). The van der Waals surface area contributed by atoms with Crippen molar-refractivity contribution >= 4 is 0 Å². The summed E-state index contributed by atoms with van der Waals surface area (Å²) in [6, 6.07) is 8.22. The Hall–Kier alpha value is -0.900. The maximum Gasteiger partial charge on any atom is 0.0945 e. The minimum Gasteiger partial charge on any atom is -0.396 e. The Morgan fingerprint density at radius 1 is 1.00 bits per heavy atom. The molecular weight excluding hydrogens is 250 g/mol. The van der Waals surface area contributed by atoms with Gasteiger partial charge in [-0.15, -0.1) is 0 Å². The van der Waals surface area contributed by atoms with Crippen molar-refractivity contribution in [1.29, 1.82) is 0 Å². The molecule has 0 amide bonds. The fraction of sp³-hybridized carbons (Fsp3) is 0.647. The molecule has 114 valence electrons. The molecule has 3 nitrogen and oxygen atoms in total. The molecule has 0 spiro atoms. The van der Waals surface area contributed by atoms with Crippen LogP contribution in [0.3, 0.4) is 0 Å². The van der Waals surface area contributed by atoms with E-state index in [0.717, 1.165) is 12.1 Å². The van der Waals surface area contributed by atoms with Crippen LogP contribution in [-0.2, 0) is 0 Å². The van der Waals surface area contributed by atoms with Gasteiger partial charge in [0.1, 0.15) is 0 Å². The van der Waals surface area contributed by atoms with Gasteiger partial charge in [0.2, 0.25) is 0 Å². The van der Waals surface area contributed by atoms with Gasteiger partial charge >= 0.3 is 0 Å². The first-order valence-corrected chi connectivity index (χ1v) is 7.59. The molecule has 1 aromatic rings. The molecule has 1 aromatic carbocycles. The van der Waals surface area contributed by atoms with Crippen molar-refractivity contribution in [2.45, 2.75) is 52.2 Å². The highest BCUT2D eigenvalue weighted by atomic mass is 16.3. The zero-order chi connectivity index (χ0) is 15.1. The zero-order valence-electron chi connectivity index (χ0n) is 13.1. The molecule has 0 bridgehead atoms. The number of hydrogen-bond acceptors (Lipinski definition) is 3. The van der Waals surface area contributed by atoms with E-state index in [-0.39, 0.29) is 12.6 Å². The predicted octanol–water partition coefficient (Wildman–Crippen LogP) is 2.84. The Morgan fingerprint density at radius 2 is 1.55 bits per heavy atom. The van der Waals surface area contributed by atoms with Crippen LogP contribution in [0.15, 0.2) is 24.3 Å². The number of aliphatic hydroxyl groups excluding tert-OH is 2. The van der Waals surface area contributed by atoms with Gasteiger partial charge in [-0.3, -0.25) is 0 Å². The molecule has 0 saturated carbocycles.